The first kappa shape index (κ1) is 12.0. The highest BCUT2D eigenvalue weighted by molar-refractivity contribution is 5.54. The minimum atomic E-state index is 0.173. The predicted octanol–water partition coefficient (Wildman–Crippen LogP) is 3.40. The van der Waals surface area contributed by atoms with E-state index in [0.717, 1.165) is 19.1 Å². The maximum atomic E-state index is 10.9. The minimum Gasteiger partial charge on any atom is -0.303 e. The number of benzene rings is 1. The van der Waals surface area contributed by atoms with Crippen LogP contribution in [0.5, 0.6) is 0 Å². The highest BCUT2D eigenvalue weighted by Crippen LogP contribution is 2.16. The third-order valence-corrected chi connectivity index (χ3v) is 2.55. The molecule has 0 amide bonds. The average molecular weight is 204 g/mol. The summed E-state index contributed by atoms with van der Waals surface area (Å²) in [6, 6.07) is 8.41. The van der Waals surface area contributed by atoms with Crippen molar-refractivity contribution in [1.29, 1.82) is 0 Å². The molecule has 0 radical (unpaired) electrons. The summed E-state index contributed by atoms with van der Waals surface area (Å²) >= 11 is 0. The molecule has 0 aliphatic carbocycles. The van der Waals surface area contributed by atoms with E-state index in [0.29, 0.717) is 5.92 Å². The van der Waals surface area contributed by atoms with Crippen molar-refractivity contribution in [3.63, 3.8) is 0 Å². The quantitative estimate of drug-likeness (QED) is 0.672. The van der Waals surface area contributed by atoms with Gasteiger partial charge in [-0.25, -0.2) is 0 Å². The van der Waals surface area contributed by atoms with Gasteiger partial charge >= 0.3 is 0 Å². The van der Waals surface area contributed by atoms with Gasteiger partial charge in [-0.3, -0.25) is 0 Å². The van der Waals surface area contributed by atoms with Crippen molar-refractivity contribution in [1.82, 2.24) is 0 Å². The number of carbonyl (C=O) groups is 1. The van der Waals surface area contributed by atoms with Gasteiger partial charge < -0.3 is 4.79 Å². The fourth-order valence-corrected chi connectivity index (χ4v) is 1.93. The van der Waals surface area contributed by atoms with Gasteiger partial charge in [-0.05, 0) is 31.2 Å². The molecule has 0 bridgehead atoms. The normalized spacial score (nSPS) is 12.8. The molecule has 1 unspecified atom stereocenters. The molecule has 0 aliphatic rings. The third-order valence-electron chi connectivity index (χ3n) is 2.55. The molecule has 1 aromatic carbocycles. The van der Waals surface area contributed by atoms with Crippen molar-refractivity contribution in [3.8, 4) is 0 Å². The zero-order valence-electron chi connectivity index (χ0n) is 9.86. The van der Waals surface area contributed by atoms with E-state index in [-0.39, 0.29) is 5.92 Å². The average Bonchev–Trinajstić information content (AvgIpc) is 2.16. The number of aryl methyl sites for hydroxylation is 1. The van der Waals surface area contributed by atoms with E-state index in [9.17, 15) is 4.79 Å². The van der Waals surface area contributed by atoms with Gasteiger partial charge in [0.05, 0.1) is 0 Å². The maximum Gasteiger partial charge on any atom is 0.123 e. The molecule has 0 fully saturated rings. The molecule has 0 spiro atoms. The Morgan fingerprint density at radius 3 is 2.60 bits per heavy atom. The second-order valence-corrected chi connectivity index (χ2v) is 4.72. The second kappa shape index (κ2) is 5.69. The molecule has 1 heteroatoms. The first-order valence-corrected chi connectivity index (χ1v) is 5.62. The van der Waals surface area contributed by atoms with Crippen molar-refractivity contribution in [3.05, 3.63) is 35.4 Å². The lowest BCUT2D eigenvalue weighted by Gasteiger charge is -2.12. The molecule has 0 heterocycles. The Labute approximate surface area is 92.5 Å². The monoisotopic (exact) mass is 204 g/mol. The number of rotatable bonds is 5. The van der Waals surface area contributed by atoms with Crippen molar-refractivity contribution in [2.45, 2.75) is 33.6 Å². The van der Waals surface area contributed by atoms with Gasteiger partial charge in [-0.15, -0.1) is 0 Å². The molecular formula is C14H20O. The van der Waals surface area contributed by atoms with Crippen molar-refractivity contribution >= 4 is 6.29 Å². The minimum absolute atomic E-state index is 0.173. The van der Waals surface area contributed by atoms with E-state index < -0.39 is 0 Å². The zero-order valence-corrected chi connectivity index (χ0v) is 9.86. The summed E-state index contributed by atoms with van der Waals surface area (Å²) in [5.74, 6) is 0.761. The second-order valence-electron chi connectivity index (χ2n) is 4.72. The summed E-state index contributed by atoms with van der Waals surface area (Å²) in [6.07, 6.45) is 2.96. The maximum absolute atomic E-state index is 10.9. The van der Waals surface area contributed by atoms with Gasteiger partial charge in [0.15, 0.2) is 0 Å². The van der Waals surface area contributed by atoms with E-state index in [1.807, 2.05) is 0 Å². The van der Waals surface area contributed by atoms with Crippen LogP contribution in [0.1, 0.15) is 31.4 Å². The van der Waals surface area contributed by atoms with Crippen LogP contribution in [0.25, 0.3) is 0 Å². The molecule has 1 rings (SSSR count). The van der Waals surface area contributed by atoms with Crippen LogP contribution in [-0.2, 0) is 11.2 Å². The Morgan fingerprint density at radius 2 is 2.07 bits per heavy atom. The summed E-state index contributed by atoms with van der Waals surface area (Å²) in [5, 5.41) is 0. The topological polar surface area (TPSA) is 17.1 Å². The summed E-state index contributed by atoms with van der Waals surface area (Å²) in [6.45, 7) is 6.40. The lowest BCUT2D eigenvalue weighted by atomic mass is 9.92. The molecule has 15 heavy (non-hydrogen) atoms. The molecule has 0 aliphatic heterocycles. The molecular weight excluding hydrogens is 184 g/mol. The predicted molar refractivity (Wildman–Crippen MR) is 63.9 cm³/mol. The Hall–Kier alpha value is -1.11. The SMILES string of the molecule is Cc1cccc(CC(C=O)CC(C)C)c1. The number of carbonyl (C=O) groups excluding carboxylic acids is 1. The Balaban J connectivity index is 2.62. The van der Waals surface area contributed by atoms with Gasteiger partial charge in [0.2, 0.25) is 0 Å². The molecule has 0 saturated heterocycles. The summed E-state index contributed by atoms with van der Waals surface area (Å²) < 4.78 is 0. The van der Waals surface area contributed by atoms with Gasteiger partial charge in [0.25, 0.3) is 0 Å². The number of aldehydes is 1. The molecule has 82 valence electrons. The Kier molecular flexibility index (Phi) is 4.54. The summed E-state index contributed by atoms with van der Waals surface area (Å²) in [4.78, 5) is 10.9. The van der Waals surface area contributed by atoms with E-state index in [1.165, 1.54) is 11.1 Å². The van der Waals surface area contributed by atoms with Crippen molar-refractivity contribution < 1.29 is 4.79 Å². The molecule has 0 aromatic heterocycles. The van der Waals surface area contributed by atoms with Crippen LogP contribution in [0, 0.1) is 18.8 Å². The van der Waals surface area contributed by atoms with E-state index >= 15 is 0 Å². The van der Waals surface area contributed by atoms with Crippen molar-refractivity contribution in [2.24, 2.45) is 11.8 Å². The molecule has 1 aromatic rings. The van der Waals surface area contributed by atoms with Gasteiger partial charge in [-0.1, -0.05) is 43.7 Å². The van der Waals surface area contributed by atoms with Crippen LogP contribution in [0.2, 0.25) is 0 Å². The third kappa shape index (κ3) is 4.28. The van der Waals surface area contributed by atoms with Crippen LogP contribution in [0.3, 0.4) is 0 Å². The van der Waals surface area contributed by atoms with E-state index in [4.69, 9.17) is 0 Å². The zero-order chi connectivity index (χ0) is 11.3. The van der Waals surface area contributed by atoms with Crippen molar-refractivity contribution in [2.75, 3.05) is 0 Å². The van der Waals surface area contributed by atoms with Gasteiger partial charge in [0.1, 0.15) is 6.29 Å². The lowest BCUT2D eigenvalue weighted by Crippen LogP contribution is -2.09. The van der Waals surface area contributed by atoms with Crippen LogP contribution < -0.4 is 0 Å². The Bertz CT molecular complexity index is 315. The summed E-state index contributed by atoms with van der Waals surface area (Å²) in [5.41, 5.74) is 2.54. The number of hydrogen-bond acceptors (Lipinski definition) is 1. The highest BCUT2D eigenvalue weighted by Gasteiger charge is 2.10. The molecule has 0 N–H and O–H groups in total. The largest absolute Gasteiger partial charge is 0.303 e. The fourth-order valence-electron chi connectivity index (χ4n) is 1.93. The van der Waals surface area contributed by atoms with E-state index in [2.05, 4.69) is 45.0 Å². The first-order chi connectivity index (χ1) is 7.11. The van der Waals surface area contributed by atoms with Gasteiger partial charge in [0, 0.05) is 5.92 Å². The Morgan fingerprint density at radius 1 is 1.33 bits per heavy atom. The smallest absolute Gasteiger partial charge is 0.123 e. The van der Waals surface area contributed by atoms with Crippen LogP contribution in [0.15, 0.2) is 24.3 Å². The fraction of sp³-hybridized carbons (Fsp3) is 0.500. The molecule has 0 saturated carbocycles. The van der Waals surface area contributed by atoms with Gasteiger partial charge in [-0.2, -0.15) is 0 Å². The van der Waals surface area contributed by atoms with Crippen LogP contribution in [-0.4, -0.2) is 6.29 Å². The summed E-state index contributed by atoms with van der Waals surface area (Å²) in [7, 11) is 0. The van der Waals surface area contributed by atoms with Crippen LogP contribution >= 0.6 is 0 Å². The molecule has 1 nitrogen and oxygen atoms in total. The molecule has 1 atom stereocenters. The highest BCUT2D eigenvalue weighted by atomic mass is 16.1. The van der Waals surface area contributed by atoms with Crippen LogP contribution in [0.4, 0.5) is 0 Å². The standard InChI is InChI=1S/C14H20O/c1-11(2)7-14(10-15)9-13-6-4-5-12(3)8-13/h4-6,8,10-11,14H,7,9H2,1-3H3. The lowest BCUT2D eigenvalue weighted by molar-refractivity contribution is -0.111. The van der Waals surface area contributed by atoms with E-state index in [1.54, 1.807) is 0 Å². The number of hydrogen-bond donors (Lipinski definition) is 0. The first-order valence-electron chi connectivity index (χ1n) is 5.62.